The molecule has 1 amide bonds. The van der Waals surface area contributed by atoms with Gasteiger partial charge in [-0.2, -0.15) is 5.10 Å². The molecule has 1 saturated heterocycles. The minimum atomic E-state index is -0.116. The molecule has 0 radical (unpaired) electrons. The molecule has 5 nitrogen and oxygen atoms in total. The Morgan fingerprint density at radius 2 is 2.00 bits per heavy atom. The molecule has 0 aliphatic carbocycles. The summed E-state index contributed by atoms with van der Waals surface area (Å²) in [6, 6.07) is 15.3. The normalized spacial score (nSPS) is 17.5. The van der Waals surface area contributed by atoms with Gasteiger partial charge in [-0.1, -0.05) is 34.1 Å². The zero-order chi connectivity index (χ0) is 19.3. The lowest BCUT2D eigenvalue weighted by molar-refractivity contribution is -0.122. The standard InChI is InChI=1S/C20H14BrN3O2S2/c21-15-7-5-14(6-8-15)11-18-19(25)24(13-16-3-1-9-26-16)20(28-18)23-22-12-17-4-2-10-27-17/h1-12H,13H2/b18-11-,22-12-,23-20+. The average Bonchev–Trinajstić information content (AvgIpc) is 3.44. The van der Waals surface area contributed by atoms with Crippen molar-refractivity contribution in [3.63, 3.8) is 0 Å². The van der Waals surface area contributed by atoms with Gasteiger partial charge in [0.25, 0.3) is 5.91 Å². The summed E-state index contributed by atoms with van der Waals surface area (Å²) in [5, 5.41) is 10.9. The van der Waals surface area contributed by atoms with Gasteiger partial charge in [0.05, 0.1) is 23.9 Å². The van der Waals surface area contributed by atoms with Crippen molar-refractivity contribution in [2.45, 2.75) is 6.54 Å². The van der Waals surface area contributed by atoms with E-state index in [4.69, 9.17) is 4.42 Å². The van der Waals surface area contributed by atoms with E-state index in [0.717, 1.165) is 14.9 Å². The number of rotatable bonds is 5. The fourth-order valence-corrected chi connectivity index (χ4v) is 4.27. The number of carbonyl (C=O) groups excluding carboxylic acids is 1. The smallest absolute Gasteiger partial charge is 0.267 e. The predicted molar refractivity (Wildman–Crippen MR) is 118 cm³/mol. The Hall–Kier alpha value is -2.42. The molecule has 0 unspecified atom stereocenters. The molecular formula is C20H14BrN3O2S2. The summed E-state index contributed by atoms with van der Waals surface area (Å²) in [5.74, 6) is 0.572. The molecule has 4 rings (SSSR count). The monoisotopic (exact) mass is 471 g/mol. The summed E-state index contributed by atoms with van der Waals surface area (Å²) in [7, 11) is 0. The van der Waals surface area contributed by atoms with Gasteiger partial charge in [-0.05, 0) is 59.1 Å². The maximum Gasteiger partial charge on any atom is 0.267 e. The SMILES string of the molecule is O=C1/C(=C/c2ccc(Br)cc2)S/C(=N/N=C\c2cccs2)N1Cc1ccco1. The fraction of sp³-hybridized carbons (Fsp3) is 0.0500. The first-order chi connectivity index (χ1) is 13.7. The van der Waals surface area contributed by atoms with Crippen LogP contribution in [0, 0.1) is 0 Å². The number of amidine groups is 1. The largest absolute Gasteiger partial charge is 0.467 e. The number of furan rings is 1. The molecule has 0 bridgehead atoms. The zero-order valence-electron chi connectivity index (χ0n) is 14.5. The van der Waals surface area contributed by atoms with Crippen LogP contribution in [0.5, 0.6) is 0 Å². The van der Waals surface area contributed by atoms with Gasteiger partial charge in [0.1, 0.15) is 5.76 Å². The van der Waals surface area contributed by atoms with Crippen molar-refractivity contribution in [2.75, 3.05) is 0 Å². The van der Waals surface area contributed by atoms with Crippen molar-refractivity contribution in [3.05, 3.63) is 85.8 Å². The van der Waals surface area contributed by atoms with Gasteiger partial charge < -0.3 is 4.42 Å². The van der Waals surface area contributed by atoms with Crippen LogP contribution in [0.2, 0.25) is 0 Å². The number of benzene rings is 1. The fourth-order valence-electron chi connectivity index (χ4n) is 2.49. The molecule has 140 valence electrons. The van der Waals surface area contributed by atoms with Crippen LogP contribution in [-0.2, 0) is 11.3 Å². The van der Waals surface area contributed by atoms with E-state index in [-0.39, 0.29) is 5.91 Å². The van der Waals surface area contributed by atoms with Crippen LogP contribution < -0.4 is 0 Å². The van der Waals surface area contributed by atoms with Crippen LogP contribution in [-0.4, -0.2) is 22.2 Å². The topological polar surface area (TPSA) is 58.2 Å². The lowest BCUT2D eigenvalue weighted by atomic mass is 10.2. The highest BCUT2D eigenvalue weighted by Crippen LogP contribution is 2.34. The van der Waals surface area contributed by atoms with E-state index in [0.29, 0.717) is 22.4 Å². The molecule has 1 fully saturated rings. The maximum absolute atomic E-state index is 13.0. The third-order valence-corrected chi connectivity index (χ3v) is 6.15. The molecular weight excluding hydrogens is 458 g/mol. The second kappa shape index (κ2) is 8.72. The third-order valence-electron chi connectivity index (χ3n) is 3.82. The first-order valence-corrected chi connectivity index (χ1v) is 10.8. The molecule has 3 heterocycles. The zero-order valence-corrected chi connectivity index (χ0v) is 17.7. The number of halogens is 1. The third kappa shape index (κ3) is 4.52. The van der Waals surface area contributed by atoms with Crippen LogP contribution in [0.3, 0.4) is 0 Å². The Labute approximate surface area is 178 Å². The number of hydrogen-bond acceptors (Lipinski definition) is 6. The van der Waals surface area contributed by atoms with Crippen LogP contribution in [0.15, 0.2) is 84.2 Å². The molecule has 1 aliphatic rings. The van der Waals surface area contributed by atoms with E-state index in [1.165, 1.54) is 11.8 Å². The van der Waals surface area contributed by atoms with Crippen molar-refractivity contribution >= 4 is 62.4 Å². The van der Waals surface area contributed by atoms with Crippen molar-refractivity contribution in [1.29, 1.82) is 0 Å². The first kappa shape index (κ1) is 18.9. The highest BCUT2D eigenvalue weighted by atomic mass is 79.9. The summed E-state index contributed by atoms with van der Waals surface area (Å²) in [5.41, 5.74) is 0.945. The van der Waals surface area contributed by atoms with Crippen molar-refractivity contribution in [1.82, 2.24) is 4.90 Å². The van der Waals surface area contributed by atoms with E-state index in [9.17, 15) is 4.79 Å². The highest BCUT2D eigenvalue weighted by Gasteiger charge is 2.34. The summed E-state index contributed by atoms with van der Waals surface area (Å²) >= 11 is 6.31. The molecule has 3 aromatic rings. The summed E-state index contributed by atoms with van der Waals surface area (Å²) in [4.78, 5) is 16.1. The molecule has 2 aromatic heterocycles. The Morgan fingerprint density at radius 3 is 2.71 bits per heavy atom. The van der Waals surface area contributed by atoms with Gasteiger partial charge >= 0.3 is 0 Å². The van der Waals surface area contributed by atoms with Crippen LogP contribution in [0.1, 0.15) is 16.2 Å². The highest BCUT2D eigenvalue weighted by molar-refractivity contribution is 9.10. The lowest BCUT2D eigenvalue weighted by Crippen LogP contribution is -2.28. The van der Waals surface area contributed by atoms with Gasteiger partial charge in [-0.25, -0.2) is 0 Å². The summed E-state index contributed by atoms with van der Waals surface area (Å²) in [6.07, 6.45) is 5.14. The molecule has 1 aliphatic heterocycles. The van der Waals surface area contributed by atoms with Gasteiger partial charge in [0.15, 0.2) is 5.17 Å². The van der Waals surface area contributed by atoms with Gasteiger partial charge in [-0.3, -0.25) is 9.69 Å². The van der Waals surface area contributed by atoms with E-state index in [2.05, 4.69) is 26.1 Å². The second-order valence-corrected chi connectivity index (χ2v) is 8.68. The molecule has 0 N–H and O–H groups in total. The minimum absolute atomic E-state index is 0.116. The van der Waals surface area contributed by atoms with Gasteiger partial charge in [-0.15, -0.1) is 16.4 Å². The summed E-state index contributed by atoms with van der Waals surface area (Å²) in [6.45, 7) is 0.309. The molecule has 0 atom stereocenters. The molecule has 0 spiro atoms. The molecule has 8 heteroatoms. The van der Waals surface area contributed by atoms with Crippen LogP contribution in [0.25, 0.3) is 6.08 Å². The van der Waals surface area contributed by atoms with Crippen LogP contribution >= 0.6 is 39.0 Å². The average molecular weight is 472 g/mol. The van der Waals surface area contributed by atoms with Crippen molar-refractivity contribution in [3.8, 4) is 0 Å². The number of amides is 1. The van der Waals surface area contributed by atoms with E-state index in [1.54, 1.807) is 34.8 Å². The molecule has 1 aromatic carbocycles. The number of nitrogens with zero attached hydrogens (tertiary/aromatic N) is 3. The Kier molecular flexibility index (Phi) is 5.90. The minimum Gasteiger partial charge on any atom is -0.467 e. The Balaban J connectivity index is 1.61. The van der Waals surface area contributed by atoms with E-state index in [1.807, 2.05) is 53.9 Å². The summed E-state index contributed by atoms with van der Waals surface area (Å²) < 4.78 is 6.39. The van der Waals surface area contributed by atoms with Crippen molar-refractivity contribution in [2.24, 2.45) is 10.2 Å². The van der Waals surface area contributed by atoms with E-state index >= 15 is 0 Å². The van der Waals surface area contributed by atoms with Gasteiger partial charge in [0.2, 0.25) is 0 Å². The number of thioether (sulfide) groups is 1. The Bertz CT molecular complexity index is 1040. The number of hydrogen-bond donors (Lipinski definition) is 0. The molecule has 28 heavy (non-hydrogen) atoms. The Morgan fingerprint density at radius 1 is 1.14 bits per heavy atom. The maximum atomic E-state index is 13.0. The second-order valence-electron chi connectivity index (χ2n) is 5.78. The quantitative estimate of drug-likeness (QED) is 0.276. The molecule has 0 saturated carbocycles. The van der Waals surface area contributed by atoms with Crippen LogP contribution in [0.4, 0.5) is 0 Å². The van der Waals surface area contributed by atoms with Gasteiger partial charge in [0, 0.05) is 9.35 Å². The number of thiophene rings is 1. The number of carbonyl (C=O) groups is 1. The van der Waals surface area contributed by atoms with E-state index < -0.39 is 0 Å². The van der Waals surface area contributed by atoms with Crippen molar-refractivity contribution < 1.29 is 9.21 Å². The first-order valence-electron chi connectivity index (χ1n) is 8.33. The lowest BCUT2D eigenvalue weighted by Gasteiger charge is -2.12. The predicted octanol–water partition coefficient (Wildman–Crippen LogP) is 5.61.